The van der Waals surface area contributed by atoms with Crippen LogP contribution in [0, 0.1) is 0 Å². The molecule has 2 N–H and O–H groups in total. The molecule has 3 atom stereocenters. The topological polar surface area (TPSA) is 49.0 Å². The lowest BCUT2D eigenvalue weighted by Gasteiger charge is -2.33. The number of benzene rings is 3. The highest BCUT2D eigenvalue weighted by molar-refractivity contribution is 5.61. The number of para-hydroxylation sites is 1. The summed E-state index contributed by atoms with van der Waals surface area (Å²) in [6.07, 6.45) is 3.59. The molecule has 212 valence electrons. The van der Waals surface area contributed by atoms with Gasteiger partial charge in [-0.1, -0.05) is 55.5 Å². The van der Waals surface area contributed by atoms with Crippen molar-refractivity contribution in [3.8, 4) is 5.75 Å². The van der Waals surface area contributed by atoms with Crippen molar-refractivity contribution in [2.75, 3.05) is 55.7 Å². The molecule has 3 aliphatic rings. The molecule has 0 radical (unpaired) electrons. The summed E-state index contributed by atoms with van der Waals surface area (Å²) in [5.74, 6) is 1.41. The highest BCUT2D eigenvalue weighted by Crippen LogP contribution is 2.34. The Morgan fingerprint density at radius 2 is 1.82 bits per heavy atom. The zero-order valence-electron chi connectivity index (χ0n) is 23.9. The van der Waals surface area contributed by atoms with Crippen molar-refractivity contribution < 1.29 is 9.47 Å². The summed E-state index contributed by atoms with van der Waals surface area (Å²) < 4.78 is 12.5. The number of hydrogen-bond donors (Lipinski definition) is 2. The fraction of sp³-hybridized carbons (Fsp3) is 0.471. The summed E-state index contributed by atoms with van der Waals surface area (Å²) >= 11 is 0. The molecule has 2 saturated heterocycles. The first-order valence-electron chi connectivity index (χ1n) is 15.2. The molecule has 40 heavy (non-hydrogen) atoms. The molecule has 6 nitrogen and oxygen atoms in total. The molecule has 0 aromatic heterocycles. The molecular formula is C34H44N4O2. The minimum atomic E-state index is 0.166. The van der Waals surface area contributed by atoms with Crippen LogP contribution in [0.1, 0.15) is 48.8 Å². The third-order valence-corrected chi connectivity index (χ3v) is 8.68. The summed E-state index contributed by atoms with van der Waals surface area (Å²) in [7, 11) is 0. The molecule has 2 fully saturated rings. The molecule has 3 heterocycles. The fourth-order valence-corrected chi connectivity index (χ4v) is 6.45. The Labute approximate surface area is 239 Å². The summed E-state index contributed by atoms with van der Waals surface area (Å²) in [5, 5.41) is 7.34. The van der Waals surface area contributed by atoms with Gasteiger partial charge in [-0.3, -0.25) is 0 Å². The maximum absolute atomic E-state index is 6.58. The SMILES string of the molecule is CCCN1CCOc2ccc(CO[C@H]3CNCC[C@@H]3c3ccc(CN[C@@H]4CCN(c5ccccc5)C4)cc3)cc21. The maximum atomic E-state index is 6.58. The molecule has 6 rings (SSSR count). The van der Waals surface area contributed by atoms with Gasteiger partial charge in [0.05, 0.1) is 24.9 Å². The quantitative estimate of drug-likeness (QED) is 0.363. The summed E-state index contributed by atoms with van der Waals surface area (Å²) in [5.41, 5.74) is 6.49. The zero-order valence-corrected chi connectivity index (χ0v) is 23.9. The Balaban J connectivity index is 1.03. The first kappa shape index (κ1) is 27.1. The van der Waals surface area contributed by atoms with E-state index in [9.17, 15) is 0 Å². The molecule has 0 aliphatic carbocycles. The van der Waals surface area contributed by atoms with Gasteiger partial charge in [0.15, 0.2) is 0 Å². The van der Waals surface area contributed by atoms with Crippen molar-refractivity contribution in [2.45, 2.75) is 57.4 Å². The minimum Gasteiger partial charge on any atom is -0.490 e. The Morgan fingerprint density at radius 1 is 0.975 bits per heavy atom. The standard InChI is InChI=1S/C34H44N4O2/c1-2-17-37-19-20-39-33-13-10-27(21-32(33)37)25-40-34-23-35-16-14-31(34)28-11-8-26(9-12-28)22-36-29-15-18-38(24-29)30-6-4-3-5-7-30/h3-13,21,29,31,34-36H,2,14-20,22-25H2,1H3/t29-,31-,34+/m1/s1. The van der Waals surface area contributed by atoms with E-state index in [1.807, 2.05) is 0 Å². The Bertz CT molecular complexity index is 1220. The average molecular weight is 541 g/mol. The van der Waals surface area contributed by atoms with Crippen LogP contribution in [0.25, 0.3) is 0 Å². The predicted octanol–water partition coefficient (Wildman–Crippen LogP) is 5.33. The van der Waals surface area contributed by atoms with Crippen molar-refractivity contribution in [3.05, 3.63) is 89.5 Å². The van der Waals surface area contributed by atoms with Gasteiger partial charge >= 0.3 is 0 Å². The number of nitrogens with zero attached hydrogens (tertiary/aromatic N) is 2. The maximum Gasteiger partial charge on any atom is 0.142 e. The van der Waals surface area contributed by atoms with Crippen molar-refractivity contribution in [2.24, 2.45) is 0 Å². The summed E-state index contributed by atoms with van der Waals surface area (Å²) in [6, 6.07) is 27.1. The first-order valence-corrected chi connectivity index (χ1v) is 15.2. The van der Waals surface area contributed by atoms with E-state index in [4.69, 9.17) is 9.47 Å². The number of hydrogen-bond acceptors (Lipinski definition) is 6. The van der Waals surface area contributed by atoms with Crippen LogP contribution in [0.3, 0.4) is 0 Å². The molecule has 0 unspecified atom stereocenters. The van der Waals surface area contributed by atoms with Gasteiger partial charge in [0.2, 0.25) is 0 Å². The molecule has 0 amide bonds. The van der Waals surface area contributed by atoms with Crippen LogP contribution in [0.5, 0.6) is 5.75 Å². The number of ether oxygens (including phenoxy) is 2. The molecule has 0 saturated carbocycles. The van der Waals surface area contributed by atoms with E-state index in [2.05, 4.69) is 100 Å². The van der Waals surface area contributed by atoms with E-state index in [-0.39, 0.29) is 6.10 Å². The summed E-state index contributed by atoms with van der Waals surface area (Å²) in [4.78, 5) is 4.92. The van der Waals surface area contributed by atoms with Gasteiger partial charge in [-0.25, -0.2) is 0 Å². The fourth-order valence-electron chi connectivity index (χ4n) is 6.45. The van der Waals surface area contributed by atoms with Crippen LogP contribution in [-0.4, -0.2) is 58.0 Å². The minimum absolute atomic E-state index is 0.166. The van der Waals surface area contributed by atoms with Crippen molar-refractivity contribution in [1.82, 2.24) is 10.6 Å². The van der Waals surface area contributed by atoms with E-state index >= 15 is 0 Å². The normalized spacial score (nSPS) is 22.7. The van der Waals surface area contributed by atoms with Crippen LogP contribution in [0.2, 0.25) is 0 Å². The number of nitrogens with one attached hydrogen (secondary N) is 2. The molecule has 3 aliphatic heterocycles. The highest BCUT2D eigenvalue weighted by atomic mass is 16.5. The second-order valence-electron chi connectivity index (χ2n) is 11.5. The Morgan fingerprint density at radius 3 is 2.67 bits per heavy atom. The van der Waals surface area contributed by atoms with Gasteiger partial charge in [-0.15, -0.1) is 0 Å². The van der Waals surface area contributed by atoms with Crippen LogP contribution in [0.15, 0.2) is 72.8 Å². The van der Waals surface area contributed by atoms with Crippen LogP contribution >= 0.6 is 0 Å². The lowest BCUT2D eigenvalue weighted by atomic mass is 9.87. The van der Waals surface area contributed by atoms with E-state index in [1.165, 1.54) is 34.5 Å². The van der Waals surface area contributed by atoms with Crippen LogP contribution in [0.4, 0.5) is 11.4 Å². The van der Waals surface area contributed by atoms with E-state index < -0.39 is 0 Å². The monoisotopic (exact) mass is 540 g/mol. The molecule has 6 heteroatoms. The van der Waals surface area contributed by atoms with Gasteiger partial charge in [0, 0.05) is 50.4 Å². The summed E-state index contributed by atoms with van der Waals surface area (Å²) in [6.45, 7) is 10.7. The van der Waals surface area contributed by atoms with Gasteiger partial charge in [-0.05, 0) is 66.8 Å². The van der Waals surface area contributed by atoms with Crippen molar-refractivity contribution >= 4 is 11.4 Å². The van der Waals surface area contributed by atoms with Crippen molar-refractivity contribution in [1.29, 1.82) is 0 Å². The van der Waals surface area contributed by atoms with Crippen LogP contribution < -0.4 is 25.2 Å². The molecule has 3 aromatic carbocycles. The second kappa shape index (κ2) is 13.1. The largest absolute Gasteiger partial charge is 0.490 e. The first-order chi connectivity index (χ1) is 19.8. The van der Waals surface area contributed by atoms with Gasteiger partial charge < -0.3 is 29.9 Å². The lowest BCUT2D eigenvalue weighted by molar-refractivity contribution is 0.0106. The third-order valence-electron chi connectivity index (χ3n) is 8.68. The number of fused-ring (bicyclic) bond motifs is 1. The predicted molar refractivity (Wildman–Crippen MR) is 164 cm³/mol. The zero-order chi connectivity index (χ0) is 27.1. The van der Waals surface area contributed by atoms with Crippen molar-refractivity contribution in [3.63, 3.8) is 0 Å². The molecular weight excluding hydrogens is 496 g/mol. The number of anilines is 2. The van der Waals surface area contributed by atoms with E-state index in [0.717, 1.165) is 71.0 Å². The van der Waals surface area contributed by atoms with E-state index in [1.54, 1.807) is 0 Å². The molecule has 3 aromatic rings. The third kappa shape index (κ3) is 6.46. The smallest absolute Gasteiger partial charge is 0.142 e. The highest BCUT2D eigenvalue weighted by Gasteiger charge is 2.28. The van der Waals surface area contributed by atoms with Crippen LogP contribution in [-0.2, 0) is 17.9 Å². The number of rotatable bonds is 10. The van der Waals surface area contributed by atoms with Gasteiger partial charge in [0.1, 0.15) is 12.4 Å². The van der Waals surface area contributed by atoms with E-state index in [0.29, 0.717) is 18.6 Å². The average Bonchev–Trinajstić information content (AvgIpc) is 3.49. The molecule has 0 bridgehead atoms. The second-order valence-corrected chi connectivity index (χ2v) is 11.5. The lowest BCUT2D eigenvalue weighted by Crippen LogP contribution is -2.41. The Hall–Kier alpha value is -3.06. The van der Waals surface area contributed by atoms with Gasteiger partial charge in [0.25, 0.3) is 0 Å². The van der Waals surface area contributed by atoms with Gasteiger partial charge in [-0.2, -0.15) is 0 Å². The Kier molecular flexibility index (Phi) is 8.86. The number of piperidine rings is 1. The molecule has 0 spiro atoms.